The molecular formula is C24H48Cl2O3S2. The third-order valence-electron chi connectivity index (χ3n) is 5.60. The van der Waals surface area contributed by atoms with Gasteiger partial charge in [0, 0.05) is 29.6 Å². The van der Waals surface area contributed by atoms with Gasteiger partial charge in [-0.25, -0.2) is 0 Å². The van der Waals surface area contributed by atoms with Gasteiger partial charge in [-0.3, -0.25) is 0 Å². The minimum atomic E-state index is 0. The maximum absolute atomic E-state index is 10.2. The summed E-state index contributed by atoms with van der Waals surface area (Å²) in [4.78, 5) is 10.2. The average molecular weight is 520 g/mol. The number of halogens is 2. The fourth-order valence-corrected chi connectivity index (χ4v) is 5.27. The minimum Gasteiger partial charge on any atom is -0.396 e. The molecule has 0 bridgehead atoms. The molecule has 0 radical (unpaired) electrons. The summed E-state index contributed by atoms with van der Waals surface area (Å²) in [6.45, 7) is 5.54. The van der Waals surface area contributed by atoms with Crippen molar-refractivity contribution >= 4 is 53.9 Å². The molecule has 0 aromatic heterocycles. The van der Waals surface area contributed by atoms with E-state index in [2.05, 4.69) is 31.3 Å². The van der Waals surface area contributed by atoms with Crippen LogP contribution in [0.4, 0.5) is 0 Å². The molecule has 3 aliphatic rings. The molecule has 3 rings (SSSR count). The van der Waals surface area contributed by atoms with E-state index >= 15 is 0 Å². The number of hydrogen-bond donors (Lipinski definition) is 2. The number of rotatable bonds is 4. The molecule has 1 saturated heterocycles. The maximum Gasteiger partial charge on any atom is 0.123 e. The highest BCUT2D eigenvalue weighted by molar-refractivity contribution is 8.00. The van der Waals surface area contributed by atoms with E-state index < -0.39 is 0 Å². The monoisotopic (exact) mass is 518 g/mol. The van der Waals surface area contributed by atoms with Crippen molar-refractivity contribution in [3.05, 3.63) is 0 Å². The first kappa shape index (κ1) is 34.0. The zero-order valence-corrected chi connectivity index (χ0v) is 22.2. The maximum atomic E-state index is 10.2. The van der Waals surface area contributed by atoms with Crippen LogP contribution in [0.25, 0.3) is 0 Å². The lowest BCUT2D eigenvalue weighted by atomic mass is 9.90. The quantitative estimate of drug-likeness (QED) is 0.225. The molecule has 3 unspecified atom stereocenters. The first-order valence-corrected chi connectivity index (χ1v) is 14.1. The second-order valence-electron chi connectivity index (χ2n) is 8.37. The lowest BCUT2D eigenvalue weighted by Gasteiger charge is -2.34. The zero-order chi connectivity index (χ0) is 22.6. The molecule has 0 aromatic carbocycles. The van der Waals surface area contributed by atoms with Crippen molar-refractivity contribution in [2.24, 2.45) is 11.8 Å². The Hall–Kier alpha value is 0.870. The number of thioether (sulfide) groups is 1. The number of ether oxygens (including phenoxy) is 1. The van der Waals surface area contributed by atoms with Crippen LogP contribution in [0.5, 0.6) is 0 Å². The number of carbonyl (C=O) groups is 1. The Balaban J connectivity index is 0. The van der Waals surface area contributed by atoms with Crippen LogP contribution in [0.1, 0.15) is 98.3 Å². The molecule has 3 atom stereocenters. The van der Waals surface area contributed by atoms with Gasteiger partial charge in [-0.05, 0) is 44.4 Å². The molecule has 3 fully saturated rings. The number of carbonyl (C=O) groups excluding carboxylic acids is 1. The van der Waals surface area contributed by atoms with E-state index in [1.54, 1.807) is 0 Å². The van der Waals surface area contributed by atoms with Crippen LogP contribution < -0.4 is 0 Å². The predicted molar refractivity (Wildman–Crippen MR) is 144 cm³/mol. The molecule has 2 aliphatic carbocycles. The van der Waals surface area contributed by atoms with Gasteiger partial charge in [-0.1, -0.05) is 59.8 Å². The van der Waals surface area contributed by atoms with Crippen molar-refractivity contribution in [2.75, 3.05) is 18.6 Å². The zero-order valence-electron chi connectivity index (χ0n) is 18.9. The smallest absolute Gasteiger partial charge is 0.123 e. The Morgan fingerprint density at radius 2 is 1.58 bits per heavy atom. The average Bonchev–Trinajstić information content (AvgIpc) is 2.76. The van der Waals surface area contributed by atoms with Gasteiger partial charge in [0.25, 0.3) is 0 Å². The van der Waals surface area contributed by atoms with Crippen molar-refractivity contribution in [3.8, 4) is 0 Å². The summed E-state index contributed by atoms with van der Waals surface area (Å²) in [5.74, 6) is 1.27. The van der Waals surface area contributed by atoms with E-state index in [1.165, 1.54) is 57.8 Å². The van der Waals surface area contributed by atoms with Crippen molar-refractivity contribution in [2.45, 2.75) is 114 Å². The molecule has 0 aromatic rings. The van der Waals surface area contributed by atoms with Gasteiger partial charge in [0.05, 0.1) is 5.34 Å². The van der Waals surface area contributed by atoms with Crippen molar-refractivity contribution in [3.63, 3.8) is 0 Å². The Morgan fingerprint density at radius 1 is 1.06 bits per heavy atom. The fraction of sp³-hybridized carbons (Fsp3) is 0.958. The first-order chi connectivity index (χ1) is 14.5. The molecule has 2 saturated carbocycles. The van der Waals surface area contributed by atoms with E-state index in [0.717, 1.165) is 43.3 Å². The Bertz CT molecular complexity index is 378. The lowest BCUT2D eigenvalue weighted by Crippen LogP contribution is -2.29. The normalized spacial score (nSPS) is 25.1. The predicted octanol–water partition coefficient (Wildman–Crippen LogP) is 7.95. The van der Waals surface area contributed by atoms with Crippen LogP contribution in [0.15, 0.2) is 0 Å². The van der Waals surface area contributed by atoms with Gasteiger partial charge in [-0.15, -0.1) is 35.0 Å². The number of aliphatic hydroxyl groups is 1. The topological polar surface area (TPSA) is 46.5 Å². The SMILES string of the molecule is C.CC(S)CCO.CC1CCOC(C2CCCCC2)S1.ClCCl.O=CC1CCCCC1. The Morgan fingerprint density at radius 3 is 1.94 bits per heavy atom. The van der Waals surface area contributed by atoms with Crippen molar-refractivity contribution < 1.29 is 14.6 Å². The summed E-state index contributed by atoms with van der Waals surface area (Å²) in [6, 6.07) is 0. The summed E-state index contributed by atoms with van der Waals surface area (Å²) >= 11 is 15.6. The molecule has 0 spiro atoms. The van der Waals surface area contributed by atoms with Crippen LogP contribution in [0.3, 0.4) is 0 Å². The van der Waals surface area contributed by atoms with E-state index in [4.69, 9.17) is 33.0 Å². The minimum absolute atomic E-state index is 0. The molecule has 188 valence electrons. The number of aldehydes is 1. The van der Waals surface area contributed by atoms with E-state index in [1.807, 2.05) is 6.92 Å². The van der Waals surface area contributed by atoms with Gasteiger partial charge in [0.15, 0.2) is 0 Å². The molecule has 7 heteroatoms. The summed E-state index contributed by atoms with van der Waals surface area (Å²) in [5, 5.41) is 9.54. The third kappa shape index (κ3) is 20.0. The standard InChI is InChI=1S/C11H20OS.C7H12O.C4H10OS.CH2Cl2.CH4/c1-9-7-8-12-11(13-9)10-5-3-2-4-6-10;8-6-7-4-2-1-3-5-7;1-4(6)2-3-5;2-1-3;/h9-11H,2-8H2,1H3;6-7H,1-5H2;4-6H,2-3H2,1H3;1H2;1H4. The van der Waals surface area contributed by atoms with Gasteiger partial charge in [0.2, 0.25) is 0 Å². The molecule has 1 heterocycles. The number of aliphatic hydroxyl groups excluding tert-OH is 1. The molecule has 1 aliphatic heterocycles. The largest absolute Gasteiger partial charge is 0.396 e. The lowest BCUT2D eigenvalue weighted by molar-refractivity contribution is -0.111. The van der Waals surface area contributed by atoms with Crippen LogP contribution in [0, 0.1) is 11.8 Å². The highest BCUT2D eigenvalue weighted by atomic mass is 35.5. The van der Waals surface area contributed by atoms with E-state index in [0.29, 0.717) is 16.6 Å². The van der Waals surface area contributed by atoms with Gasteiger partial charge in [-0.2, -0.15) is 12.6 Å². The van der Waals surface area contributed by atoms with Gasteiger partial charge >= 0.3 is 0 Å². The summed E-state index contributed by atoms with van der Waals surface area (Å²) in [7, 11) is 0. The summed E-state index contributed by atoms with van der Waals surface area (Å²) in [5.41, 5.74) is 0.532. The number of thiol groups is 1. The first-order valence-electron chi connectivity index (χ1n) is 11.6. The second-order valence-corrected chi connectivity index (χ2v) is 11.6. The van der Waals surface area contributed by atoms with E-state index in [-0.39, 0.29) is 19.4 Å². The van der Waals surface area contributed by atoms with Gasteiger partial charge < -0.3 is 14.6 Å². The van der Waals surface area contributed by atoms with Gasteiger partial charge in [0.1, 0.15) is 11.7 Å². The molecule has 0 amide bonds. The fourth-order valence-electron chi connectivity index (χ4n) is 3.80. The van der Waals surface area contributed by atoms with Crippen LogP contribution in [-0.2, 0) is 9.53 Å². The number of alkyl halides is 2. The highest BCUT2D eigenvalue weighted by Gasteiger charge is 2.28. The van der Waals surface area contributed by atoms with Crippen molar-refractivity contribution in [1.29, 1.82) is 0 Å². The van der Waals surface area contributed by atoms with Crippen LogP contribution >= 0.6 is 47.6 Å². The highest BCUT2D eigenvalue weighted by Crippen LogP contribution is 2.38. The number of hydrogen-bond acceptors (Lipinski definition) is 5. The summed E-state index contributed by atoms with van der Waals surface area (Å²) < 4.78 is 5.85. The molecule has 1 N–H and O–H groups in total. The summed E-state index contributed by atoms with van der Waals surface area (Å²) in [6.07, 6.45) is 16.4. The second kappa shape index (κ2) is 24.0. The molecule has 31 heavy (non-hydrogen) atoms. The van der Waals surface area contributed by atoms with Crippen molar-refractivity contribution in [1.82, 2.24) is 0 Å². The molecule has 3 nitrogen and oxygen atoms in total. The Labute approximate surface area is 212 Å². The van der Waals surface area contributed by atoms with Crippen LogP contribution in [0.2, 0.25) is 0 Å². The molecular weight excluding hydrogens is 471 g/mol. The Kier molecular flexibility index (Phi) is 26.4. The van der Waals surface area contributed by atoms with E-state index in [9.17, 15) is 4.79 Å². The third-order valence-corrected chi connectivity index (χ3v) is 7.34. The van der Waals surface area contributed by atoms with Crippen LogP contribution in [-0.4, -0.2) is 45.9 Å².